The molecule has 0 aliphatic heterocycles. The zero-order chi connectivity index (χ0) is 22.5. The Hall–Kier alpha value is -4.53. The molecule has 0 unspecified atom stereocenters. The molecule has 0 aliphatic rings. The van der Waals surface area contributed by atoms with Crippen molar-refractivity contribution in [2.75, 3.05) is 16.4 Å². The summed E-state index contributed by atoms with van der Waals surface area (Å²) in [7, 11) is 0. The molecule has 2 aromatic carbocycles. The van der Waals surface area contributed by atoms with E-state index in [1.54, 1.807) is 18.2 Å². The van der Waals surface area contributed by atoms with Crippen LogP contribution in [0, 0.1) is 11.6 Å². The Kier molecular flexibility index (Phi) is 5.89. The molecule has 0 saturated heterocycles. The van der Waals surface area contributed by atoms with E-state index >= 15 is 0 Å². The lowest BCUT2D eigenvalue weighted by molar-refractivity contribution is 0.102. The van der Waals surface area contributed by atoms with Crippen molar-refractivity contribution in [2.24, 2.45) is 0 Å². The number of amides is 1. The van der Waals surface area contributed by atoms with Crippen LogP contribution in [-0.4, -0.2) is 15.9 Å². The molecule has 0 saturated carbocycles. The van der Waals surface area contributed by atoms with Gasteiger partial charge in [-0.05, 0) is 54.6 Å². The molecular weight excluding hydrogens is 416 g/mol. The van der Waals surface area contributed by atoms with E-state index < -0.39 is 11.7 Å². The molecule has 0 radical (unpaired) electrons. The van der Waals surface area contributed by atoms with Crippen LogP contribution in [0.3, 0.4) is 0 Å². The Labute approximate surface area is 181 Å². The van der Waals surface area contributed by atoms with Gasteiger partial charge in [-0.15, -0.1) is 0 Å². The third-order valence-corrected chi connectivity index (χ3v) is 4.31. The minimum absolute atomic E-state index is 0.0247. The van der Waals surface area contributed by atoms with Gasteiger partial charge in [0.2, 0.25) is 0 Å². The van der Waals surface area contributed by atoms with E-state index in [1.165, 1.54) is 54.9 Å². The first-order valence-electron chi connectivity index (χ1n) is 9.45. The lowest BCUT2D eigenvalue weighted by Gasteiger charge is -2.10. The second-order valence-electron chi connectivity index (χ2n) is 6.68. The van der Waals surface area contributed by atoms with E-state index in [4.69, 9.17) is 10.5 Å². The number of nitrogens with zero attached hydrogens (tertiary/aromatic N) is 2. The zero-order valence-corrected chi connectivity index (χ0v) is 16.5. The number of hydrogen-bond acceptors (Lipinski definition) is 6. The fourth-order valence-corrected chi connectivity index (χ4v) is 2.80. The summed E-state index contributed by atoms with van der Waals surface area (Å²) in [5.41, 5.74) is 6.76. The number of aromatic nitrogens is 2. The third kappa shape index (κ3) is 5.14. The topological polar surface area (TPSA) is 102 Å². The van der Waals surface area contributed by atoms with Crippen LogP contribution < -0.4 is 21.1 Å². The zero-order valence-electron chi connectivity index (χ0n) is 16.5. The summed E-state index contributed by atoms with van der Waals surface area (Å²) < 4.78 is 33.0. The second kappa shape index (κ2) is 9.09. The van der Waals surface area contributed by atoms with Crippen molar-refractivity contribution in [3.8, 4) is 11.5 Å². The van der Waals surface area contributed by atoms with Crippen molar-refractivity contribution in [1.29, 1.82) is 0 Å². The van der Waals surface area contributed by atoms with Gasteiger partial charge in [-0.2, -0.15) is 0 Å². The van der Waals surface area contributed by atoms with E-state index in [0.29, 0.717) is 22.8 Å². The molecule has 0 fully saturated rings. The largest absolute Gasteiger partial charge is 0.454 e. The highest BCUT2D eigenvalue weighted by Crippen LogP contribution is 2.27. The fourth-order valence-electron chi connectivity index (χ4n) is 2.80. The van der Waals surface area contributed by atoms with Gasteiger partial charge in [-0.25, -0.2) is 18.7 Å². The number of halogens is 2. The van der Waals surface area contributed by atoms with Crippen molar-refractivity contribution < 1.29 is 18.3 Å². The average molecular weight is 433 g/mol. The van der Waals surface area contributed by atoms with Crippen molar-refractivity contribution in [1.82, 2.24) is 9.97 Å². The standard InChI is InChI=1S/C23H17F2N5O2/c24-15-1-3-16(4-2-15)29-22-11-14(7-9-28-22)23(31)30-17-5-6-20(19(25)12-17)32-18-8-10-27-21(26)13-18/h1-13H,(H2,26,27)(H,28,29)(H,30,31). The van der Waals surface area contributed by atoms with Crippen LogP contribution >= 0.6 is 0 Å². The lowest BCUT2D eigenvalue weighted by Crippen LogP contribution is -2.12. The number of benzene rings is 2. The van der Waals surface area contributed by atoms with Crippen molar-refractivity contribution in [3.05, 3.63) is 96.3 Å². The predicted octanol–water partition coefficient (Wildman–Crippen LogP) is 5.13. The smallest absolute Gasteiger partial charge is 0.255 e. The average Bonchev–Trinajstić information content (AvgIpc) is 2.77. The Morgan fingerprint density at radius 2 is 1.62 bits per heavy atom. The molecule has 4 aromatic rings. The summed E-state index contributed by atoms with van der Waals surface area (Å²) in [6.07, 6.45) is 2.91. The van der Waals surface area contributed by atoms with Crippen LogP contribution in [0.1, 0.15) is 10.4 Å². The maximum atomic E-state index is 14.5. The number of rotatable bonds is 6. The first-order chi connectivity index (χ1) is 15.5. The number of carbonyl (C=O) groups is 1. The van der Waals surface area contributed by atoms with Crippen LogP contribution in [0.25, 0.3) is 0 Å². The summed E-state index contributed by atoms with van der Waals surface area (Å²) in [5, 5.41) is 5.61. The quantitative estimate of drug-likeness (QED) is 0.390. The maximum absolute atomic E-state index is 14.5. The lowest BCUT2D eigenvalue weighted by atomic mass is 10.2. The molecule has 2 heterocycles. The molecule has 0 aliphatic carbocycles. The minimum Gasteiger partial charge on any atom is -0.454 e. The number of nitrogens with one attached hydrogen (secondary N) is 2. The molecule has 1 amide bonds. The van der Waals surface area contributed by atoms with Gasteiger partial charge in [-0.1, -0.05) is 0 Å². The maximum Gasteiger partial charge on any atom is 0.255 e. The third-order valence-electron chi connectivity index (χ3n) is 4.31. The molecule has 4 rings (SSSR count). The van der Waals surface area contributed by atoms with Crippen molar-refractivity contribution >= 4 is 28.9 Å². The van der Waals surface area contributed by atoms with Gasteiger partial charge in [0.15, 0.2) is 11.6 Å². The summed E-state index contributed by atoms with van der Waals surface area (Å²) in [6.45, 7) is 0. The Morgan fingerprint density at radius 1 is 0.875 bits per heavy atom. The van der Waals surface area contributed by atoms with E-state index in [0.717, 1.165) is 6.07 Å². The van der Waals surface area contributed by atoms with Gasteiger partial charge >= 0.3 is 0 Å². The van der Waals surface area contributed by atoms with Gasteiger partial charge in [0.25, 0.3) is 5.91 Å². The molecule has 32 heavy (non-hydrogen) atoms. The first kappa shape index (κ1) is 20.7. The normalized spacial score (nSPS) is 10.4. The monoisotopic (exact) mass is 433 g/mol. The van der Waals surface area contributed by atoms with Crippen LogP contribution in [0.15, 0.2) is 79.1 Å². The minimum atomic E-state index is -0.661. The van der Waals surface area contributed by atoms with Crippen molar-refractivity contribution in [2.45, 2.75) is 0 Å². The van der Waals surface area contributed by atoms with Gasteiger partial charge in [0.05, 0.1) is 0 Å². The number of anilines is 4. The van der Waals surface area contributed by atoms with E-state index in [-0.39, 0.29) is 23.1 Å². The molecule has 2 aromatic heterocycles. The molecular formula is C23H17F2N5O2. The van der Waals surface area contributed by atoms with Gasteiger partial charge in [0.1, 0.15) is 23.2 Å². The highest BCUT2D eigenvalue weighted by Gasteiger charge is 2.11. The molecule has 0 atom stereocenters. The van der Waals surface area contributed by atoms with Gasteiger partial charge in [0, 0.05) is 41.5 Å². The summed E-state index contributed by atoms with van der Waals surface area (Å²) in [5.74, 6) is -0.510. The van der Waals surface area contributed by atoms with E-state index in [9.17, 15) is 13.6 Å². The number of hydrogen-bond donors (Lipinski definition) is 3. The van der Waals surface area contributed by atoms with Crippen LogP contribution in [0.2, 0.25) is 0 Å². The summed E-state index contributed by atoms with van der Waals surface area (Å²) >= 11 is 0. The second-order valence-corrected chi connectivity index (χ2v) is 6.68. The van der Waals surface area contributed by atoms with E-state index in [2.05, 4.69) is 20.6 Å². The van der Waals surface area contributed by atoms with E-state index in [1.807, 2.05) is 0 Å². The fraction of sp³-hybridized carbons (Fsp3) is 0. The highest BCUT2D eigenvalue weighted by molar-refractivity contribution is 6.04. The number of ether oxygens (including phenoxy) is 1. The SMILES string of the molecule is Nc1cc(Oc2ccc(NC(=O)c3ccnc(Nc4ccc(F)cc4)c3)cc2F)ccn1. The van der Waals surface area contributed by atoms with Crippen LogP contribution in [0.5, 0.6) is 11.5 Å². The Morgan fingerprint density at radius 3 is 2.38 bits per heavy atom. The molecule has 7 nitrogen and oxygen atoms in total. The molecule has 160 valence electrons. The Balaban J connectivity index is 1.44. The van der Waals surface area contributed by atoms with Gasteiger partial charge < -0.3 is 21.1 Å². The van der Waals surface area contributed by atoms with Crippen LogP contribution in [0.4, 0.5) is 31.8 Å². The summed E-state index contributed by atoms with van der Waals surface area (Å²) in [4.78, 5) is 20.6. The Bertz CT molecular complexity index is 1270. The van der Waals surface area contributed by atoms with Gasteiger partial charge in [-0.3, -0.25) is 4.79 Å². The van der Waals surface area contributed by atoms with Crippen LogP contribution in [-0.2, 0) is 0 Å². The highest BCUT2D eigenvalue weighted by atomic mass is 19.1. The number of carbonyl (C=O) groups excluding carboxylic acids is 1. The number of nitrogens with two attached hydrogens (primary N) is 1. The molecule has 0 spiro atoms. The molecule has 0 bridgehead atoms. The molecule has 4 N–H and O–H groups in total. The van der Waals surface area contributed by atoms with Crippen molar-refractivity contribution in [3.63, 3.8) is 0 Å². The predicted molar refractivity (Wildman–Crippen MR) is 117 cm³/mol. The molecule has 9 heteroatoms. The first-order valence-corrected chi connectivity index (χ1v) is 9.45. The number of pyridine rings is 2. The summed E-state index contributed by atoms with van der Waals surface area (Å²) in [6, 6.07) is 15.9. The number of nitrogen functional groups attached to an aromatic ring is 1.